The maximum Gasteiger partial charge on any atom is 0.323 e. The number of methoxy groups -OCH3 is 1. The number of piperidine rings is 1. The lowest BCUT2D eigenvalue weighted by Gasteiger charge is -2.36. The fourth-order valence-corrected chi connectivity index (χ4v) is 2.70. The lowest BCUT2D eigenvalue weighted by Crippen LogP contribution is -2.46. The van der Waals surface area contributed by atoms with Crippen molar-refractivity contribution in [3.8, 4) is 12.3 Å². The summed E-state index contributed by atoms with van der Waals surface area (Å²) in [6.07, 6.45) is 7.35. The van der Waals surface area contributed by atoms with Crippen molar-refractivity contribution in [2.45, 2.75) is 32.4 Å². The molecule has 1 aliphatic rings. The van der Waals surface area contributed by atoms with Gasteiger partial charge in [-0.2, -0.15) is 0 Å². The van der Waals surface area contributed by atoms with E-state index in [2.05, 4.69) is 17.7 Å². The van der Waals surface area contributed by atoms with Gasteiger partial charge in [0.15, 0.2) is 0 Å². The van der Waals surface area contributed by atoms with Gasteiger partial charge in [0.05, 0.1) is 7.11 Å². The number of terminal acetylenes is 1. The molecule has 20 heavy (non-hydrogen) atoms. The van der Waals surface area contributed by atoms with E-state index in [-0.39, 0.29) is 12.0 Å². The molecule has 1 aromatic rings. The lowest BCUT2D eigenvalue weighted by atomic mass is 9.92. The van der Waals surface area contributed by atoms with Gasteiger partial charge in [0.2, 0.25) is 0 Å². The highest BCUT2D eigenvalue weighted by molar-refractivity contribution is 5.75. The molecule has 0 amide bonds. The van der Waals surface area contributed by atoms with Crippen molar-refractivity contribution in [2.75, 3.05) is 13.7 Å². The Kier molecular flexibility index (Phi) is 4.81. The minimum atomic E-state index is -0.129. The summed E-state index contributed by atoms with van der Waals surface area (Å²) >= 11 is 0. The van der Waals surface area contributed by atoms with Crippen LogP contribution in [-0.2, 0) is 16.1 Å². The van der Waals surface area contributed by atoms with E-state index < -0.39 is 0 Å². The monoisotopic (exact) mass is 271 g/mol. The number of hydrogen-bond acceptors (Lipinski definition) is 3. The summed E-state index contributed by atoms with van der Waals surface area (Å²) in [5, 5.41) is 0. The molecule has 1 aromatic carbocycles. The number of rotatable bonds is 3. The third kappa shape index (κ3) is 3.40. The highest BCUT2D eigenvalue weighted by atomic mass is 16.5. The van der Waals surface area contributed by atoms with Crippen molar-refractivity contribution < 1.29 is 9.53 Å². The molecule has 1 heterocycles. The van der Waals surface area contributed by atoms with E-state index in [0.717, 1.165) is 31.5 Å². The number of likely N-dealkylation sites (tertiary alicyclic amines) is 1. The molecule has 0 bridgehead atoms. The molecule has 2 unspecified atom stereocenters. The number of carbonyl (C=O) groups is 1. The second-order valence-corrected chi connectivity index (χ2v) is 5.48. The van der Waals surface area contributed by atoms with Gasteiger partial charge >= 0.3 is 5.97 Å². The number of esters is 1. The summed E-state index contributed by atoms with van der Waals surface area (Å²) in [6, 6.07) is 7.81. The quantitative estimate of drug-likeness (QED) is 0.624. The number of hydrogen-bond donors (Lipinski definition) is 0. The topological polar surface area (TPSA) is 29.5 Å². The number of nitrogens with zero attached hydrogens (tertiary/aromatic N) is 1. The Balaban J connectivity index is 2.08. The van der Waals surface area contributed by atoms with Gasteiger partial charge in [-0.25, -0.2) is 0 Å². The smallest absolute Gasteiger partial charge is 0.323 e. The van der Waals surface area contributed by atoms with Gasteiger partial charge in [-0.15, -0.1) is 6.42 Å². The van der Waals surface area contributed by atoms with E-state index >= 15 is 0 Å². The standard InChI is InChI=1S/C17H21NO2/c1-4-14-5-7-15(8-6-14)12-18-10-9-13(2)11-16(18)17(19)20-3/h1,5-8,13,16H,9-12H2,2-3H3. The highest BCUT2D eigenvalue weighted by Gasteiger charge is 2.32. The molecule has 0 saturated carbocycles. The van der Waals surface area contributed by atoms with Crippen molar-refractivity contribution >= 4 is 5.97 Å². The molecular formula is C17H21NO2. The van der Waals surface area contributed by atoms with Crippen LogP contribution in [0.1, 0.15) is 30.9 Å². The van der Waals surface area contributed by atoms with Gasteiger partial charge in [-0.3, -0.25) is 9.69 Å². The third-order valence-corrected chi connectivity index (χ3v) is 3.96. The summed E-state index contributed by atoms with van der Waals surface area (Å²) < 4.78 is 4.94. The molecule has 3 heteroatoms. The first kappa shape index (κ1) is 14.6. The Hall–Kier alpha value is -1.79. The molecule has 0 aliphatic carbocycles. The van der Waals surface area contributed by atoms with Crippen LogP contribution in [0.15, 0.2) is 24.3 Å². The third-order valence-electron chi connectivity index (χ3n) is 3.96. The summed E-state index contributed by atoms with van der Waals surface area (Å²) in [6.45, 7) is 3.88. The van der Waals surface area contributed by atoms with Crippen LogP contribution >= 0.6 is 0 Å². The predicted molar refractivity (Wildman–Crippen MR) is 79.0 cm³/mol. The van der Waals surface area contributed by atoms with E-state index in [0.29, 0.717) is 5.92 Å². The average molecular weight is 271 g/mol. The van der Waals surface area contributed by atoms with E-state index in [1.54, 1.807) is 0 Å². The summed E-state index contributed by atoms with van der Waals surface area (Å²) in [4.78, 5) is 14.1. The van der Waals surface area contributed by atoms with Gasteiger partial charge < -0.3 is 4.74 Å². The zero-order valence-electron chi connectivity index (χ0n) is 12.1. The molecule has 0 aromatic heterocycles. The summed E-state index contributed by atoms with van der Waals surface area (Å²) in [5.74, 6) is 3.05. The van der Waals surface area contributed by atoms with Gasteiger partial charge in [0, 0.05) is 12.1 Å². The van der Waals surface area contributed by atoms with Crippen LogP contribution in [0.4, 0.5) is 0 Å². The number of ether oxygens (including phenoxy) is 1. The fraction of sp³-hybridized carbons (Fsp3) is 0.471. The molecule has 106 valence electrons. The van der Waals surface area contributed by atoms with Crippen molar-refractivity contribution in [3.05, 3.63) is 35.4 Å². The van der Waals surface area contributed by atoms with E-state index in [1.807, 2.05) is 24.3 Å². The fourth-order valence-electron chi connectivity index (χ4n) is 2.70. The SMILES string of the molecule is C#Cc1ccc(CN2CCC(C)CC2C(=O)OC)cc1. The van der Waals surface area contributed by atoms with Gasteiger partial charge in [-0.1, -0.05) is 25.0 Å². The van der Waals surface area contributed by atoms with Crippen molar-refractivity contribution in [1.29, 1.82) is 0 Å². The number of benzene rings is 1. The lowest BCUT2D eigenvalue weighted by molar-refractivity contribution is -0.149. The minimum Gasteiger partial charge on any atom is -0.468 e. The summed E-state index contributed by atoms with van der Waals surface area (Å²) in [5.41, 5.74) is 2.05. The molecule has 1 fully saturated rings. The molecule has 2 atom stereocenters. The Morgan fingerprint density at radius 2 is 2.15 bits per heavy atom. The van der Waals surface area contributed by atoms with Crippen LogP contribution in [0.25, 0.3) is 0 Å². The van der Waals surface area contributed by atoms with Crippen LogP contribution in [0, 0.1) is 18.3 Å². The van der Waals surface area contributed by atoms with Crippen molar-refractivity contribution in [2.24, 2.45) is 5.92 Å². The average Bonchev–Trinajstić information content (AvgIpc) is 2.49. The highest BCUT2D eigenvalue weighted by Crippen LogP contribution is 2.25. The van der Waals surface area contributed by atoms with Gasteiger partial charge in [-0.05, 0) is 43.0 Å². The minimum absolute atomic E-state index is 0.128. The molecular weight excluding hydrogens is 250 g/mol. The van der Waals surface area contributed by atoms with Crippen LogP contribution in [0.2, 0.25) is 0 Å². The second kappa shape index (κ2) is 6.58. The van der Waals surface area contributed by atoms with Crippen LogP contribution < -0.4 is 0 Å². The largest absolute Gasteiger partial charge is 0.468 e. The molecule has 3 nitrogen and oxygen atoms in total. The molecule has 0 spiro atoms. The van der Waals surface area contributed by atoms with Crippen LogP contribution in [0.3, 0.4) is 0 Å². The molecule has 0 radical (unpaired) electrons. The van der Waals surface area contributed by atoms with E-state index in [1.165, 1.54) is 12.7 Å². The normalized spacial score (nSPS) is 23.1. The van der Waals surface area contributed by atoms with Crippen LogP contribution in [0.5, 0.6) is 0 Å². The zero-order valence-corrected chi connectivity index (χ0v) is 12.1. The Morgan fingerprint density at radius 3 is 2.75 bits per heavy atom. The zero-order chi connectivity index (χ0) is 14.5. The molecule has 2 rings (SSSR count). The van der Waals surface area contributed by atoms with Crippen LogP contribution in [-0.4, -0.2) is 30.6 Å². The Bertz CT molecular complexity index is 501. The van der Waals surface area contributed by atoms with Gasteiger partial charge in [0.25, 0.3) is 0 Å². The van der Waals surface area contributed by atoms with E-state index in [9.17, 15) is 4.79 Å². The maximum absolute atomic E-state index is 11.9. The first-order chi connectivity index (χ1) is 9.63. The first-order valence-electron chi connectivity index (χ1n) is 7.01. The van der Waals surface area contributed by atoms with Crippen molar-refractivity contribution in [3.63, 3.8) is 0 Å². The molecule has 1 saturated heterocycles. The maximum atomic E-state index is 11.9. The first-order valence-corrected chi connectivity index (χ1v) is 7.01. The Labute approximate surface area is 120 Å². The van der Waals surface area contributed by atoms with Crippen molar-refractivity contribution in [1.82, 2.24) is 4.90 Å². The van der Waals surface area contributed by atoms with Gasteiger partial charge in [0.1, 0.15) is 6.04 Å². The molecule has 0 N–H and O–H groups in total. The predicted octanol–water partition coefficient (Wildman–Crippen LogP) is 2.44. The molecule has 1 aliphatic heterocycles. The second-order valence-electron chi connectivity index (χ2n) is 5.48. The summed E-state index contributed by atoms with van der Waals surface area (Å²) in [7, 11) is 1.46. The Morgan fingerprint density at radius 1 is 1.45 bits per heavy atom. The van der Waals surface area contributed by atoms with E-state index in [4.69, 9.17) is 11.2 Å². The number of carbonyl (C=O) groups excluding carboxylic acids is 1.